The van der Waals surface area contributed by atoms with Gasteiger partial charge in [0.05, 0.1) is 19.2 Å². The van der Waals surface area contributed by atoms with Gasteiger partial charge in [-0.25, -0.2) is 9.18 Å². The van der Waals surface area contributed by atoms with E-state index in [1.807, 2.05) is 0 Å². The van der Waals surface area contributed by atoms with Crippen molar-refractivity contribution in [2.75, 3.05) is 20.3 Å². The molecule has 1 aromatic rings. The van der Waals surface area contributed by atoms with Crippen molar-refractivity contribution in [3.8, 4) is 5.75 Å². The lowest BCUT2D eigenvalue weighted by Gasteiger charge is -2.07. The van der Waals surface area contributed by atoms with Crippen LogP contribution in [0.2, 0.25) is 0 Å². The largest absolute Gasteiger partial charge is 0.497 e. The molecular formula is C12H13FN2O5. The molecule has 0 heterocycles. The number of carbonyl (C=O) groups is 3. The van der Waals surface area contributed by atoms with E-state index in [0.717, 1.165) is 6.07 Å². The van der Waals surface area contributed by atoms with Crippen molar-refractivity contribution in [1.82, 2.24) is 5.32 Å². The third kappa shape index (κ3) is 4.56. The Balaban J connectivity index is 2.55. The number of methoxy groups -OCH3 is 1. The summed E-state index contributed by atoms with van der Waals surface area (Å²) in [4.78, 5) is 33.1. The Labute approximate surface area is 113 Å². The Morgan fingerprint density at radius 3 is 2.60 bits per heavy atom. The van der Waals surface area contributed by atoms with Crippen LogP contribution in [0.5, 0.6) is 5.75 Å². The van der Waals surface area contributed by atoms with Crippen molar-refractivity contribution in [3.63, 3.8) is 0 Å². The van der Waals surface area contributed by atoms with Crippen LogP contribution in [-0.4, -0.2) is 38.0 Å². The molecule has 0 saturated heterocycles. The summed E-state index contributed by atoms with van der Waals surface area (Å²) in [6.07, 6.45) is 0. The molecule has 3 N–H and O–H groups in total. The molecule has 1 rings (SSSR count). The zero-order chi connectivity index (χ0) is 15.1. The van der Waals surface area contributed by atoms with Crippen molar-refractivity contribution in [2.24, 2.45) is 5.73 Å². The fraction of sp³-hybridized carbons (Fsp3) is 0.250. The second-order valence-electron chi connectivity index (χ2n) is 3.66. The maximum Gasteiger partial charge on any atom is 0.341 e. The Kier molecular flexibility index (Phi) is 5.45. The van der Waals surface area contributed by atoms with Crippen LogP contribution in [0, 0.1) is 5.82 Å². The van der Waals surface area contributed by atoms with Crippen molar-refractivity contribution in [1.29, 1.82) is 0 Å². The Morgan fingerprint density at radius 2 is 2.05 bits per heavy atom. The monoisotopic (exact) mass is 284 g/mol. The minimum Gasteiger partial charge on any atom is -0.497 e. The van der Waals surface area contributed by atoms with Crippen molar-refractivity contribution < 1.29 is 28.2 Å². The van der Waals surface area contributed by atoms with E-state index < -0.39 is 30.2 Å². The number of hydrogen-bond donors (Lipinski definition) is 2. The minimum absolute atomic E-state index is 0.248. The standard InChI is InChI=1S/C12H13FN2O5/c1-19-7-2-3-8(9(13)4-7)12(18)20-6-11(17)15-5-10(14)16/h2-4H,5-6H2,1H3,(H2,14,16)(H,15,17). The van der Waals surface area contributed by atoms with E-state index >= 15 is 0 Å². The van der Waals surface area contributed by atoms with E-state index in [1.165, 1.54) is 19.2 Å². The number of esters is 1. The van der Waals surface area contributed by atoms with Gasteiger partial charge in [-0.3, -0.25) is 9.59 Å². The van der Waals surface area contributed by atoms with Crippen molar-refractivity contribution in [2.45, 2.75) is 0 Å². The number of benzene rings is 1. The van der Waals surface area contributed by atoms with Gasteiger partial charge in [-0.2, -0.15) is 0 Å². The molecule has 1 aromatic carbocycles. The lowest BCUT2D eigenvalue weighted by Crippen LogP contribution is -2.36. The highest BCUT2D eigenvalue weighted by Crippen LogP contribution is 2.16. The van der Waals surface area contributed by atoms with Gasteiger partial charge < -0.3 is 20.5 Å². The Hall–Kier alpha value is -2.64. The van der Waals surface area contributed by atoms with Crippen LogP contribution in [0.4, 0.5) is 4.39 Å². The van der Waals surface area contributed by atoms with Crippen LogP contribution in [-0.2, 0) is 14.3 Å². The highest BCUT2D eigenvalue weighted by Gasteiger charge is 2.15. The van der Waals surface area contributed by atoms with Crippen LogP contribution in [0.1, 0.15) is 10.4 Å². The highest BCUT2D eigenvalue weighted by atomic mass is 19.1. The number of rotatable bonds is 6. The average Bonchev–Trinajstić information content (AvgIpc) is 2.42. The Morgan fingerprint density at radius 1 is 1.35 bits per heavy atom. The SMILES string of the molecule is COc1ccc(C(=O)OCC(=O)NCC(N)=O)c(F)c1. The first-order valence-electron chi connectivity index (χ1n) is 5.49. The number of amides is 2. The van der Waals surface area contributed by atoms with Gasteiger partial charge in [0.15, 0.2) is 6.61 Å². The van der Waals surface area contributed by atoms with Crippen molar-refractivity contribution >= 4 is 17.8 Å². The quantitative estimate of drug-likeness (QED) is 0.691. The first kappa shape index (κ1) is 15.4. The molecule has 108 valence electrons. The summed E-state index contributed by atoms with van der Waals surface area (Å²) in [5, 5.41) is 2.12. The van der Waals surface area contributed by atoms with E-state index in [4.69, 9.17) is 10.5 Å². The third-order valence-corrected chi connectivity index (χ3v) is 2.19. The van der Waals surface area contributed by atoms with E-state index in [-0.39, 0.29) is 17.9 Å². The first-order valence-corrected chi connectivity index (χ1v) is 5.49. The molecule has 0 fully saturated rings. The van der Waals surface area contributed by atoms with Gasteiger partial charge in [0.2, 0.25) is 5.91 Å². The predicted octanol–water partition coefficient (Wildman–Crippen LogP) is -0.407. The number of primary amides is 1. The zero-order valence-electron chi connectivity index (χ0n) is 10.6. The highest BCUT2D eigenvalue weighted by molar-refractivity contribution is 5.92. The van der Waals surface area contributed by atoms with Gasteiger partial charge >= 0.3 is 5.97 Å². The molecule has 0 saturated carbocycles. The smallest absolute Gasteiger partial charge is 0.341 e. The van der Waals surface area contributed by atoms with Gasteiger partial charge in [-0.15, -0.1) is 0 Å². The molecule has 0 radical (unpaired) electrons. The minimum atomic E-state index is -1.00. The normalized spacial score (nSPS) is 9.70. The summed E-state index contributed by atoms with van der Waals surface area (Å²) in [6, 6.07) is 3.58. The van der Waals surface area contributed by atoms with Gasteiger partial charge in [-0.05, 0) is 12.1 Å². The molecule has 7 nitrogen and oxygen atoms in total. The molecule has 0 unspecified atom stereocenters. The maximum atomic E-state index is 13.5. The van der Waals surface area contributed by atoms with Crippen LogP contribution < -0.4 is 15.8 Å². The average molecular weight is 284 g/mol. The van der Waals surface area contributed by atoms with E-state index in [2.05, 4.69) is 10.1 Å². The molecule has 20 heavy (non-hydrogen) atoms. The number of hydrogen-bond acceptors (Lipinski definition) is 5. The first-order chi connectivity index (χ1) is 9.43. The molecule has 0 atom stereocenters. The number of halogens is 1. The van der Waals surface area contributed by atoms with Crippen LogP contribution in [0.15, 0.2) is 18.2 Å². The van der Waals surface area contributed by atoms with E-state index in [0.29, 0.717) is 0 Å². The lowest BCUT2D eigenvalue weighted by molar-refractivity contribution is -0.127. The predicted molar refractivity (Wildman–Crippen MR) is 65.4 cm³/mol. The number of nitrogens with two attached hydrogens (primary N) is 1. The molecule has 8 heteroatoms. The second kappa shape index (κ2) is 7.07. The van der Waals surface area contributed by atoms with Gasteiger partial charge in [0.25, 0.3) is 5.91 Å². The third-order valence-electron chi connectivity index (χ3n) is 2.19. The molecule has 2 amide bonds. The summed E-state index contributed by atoms with van der Waals surface area (Å²) >= 11 is 0. The van der Waals surface area contributed by atoms with E-state index in [1.54, 1.807) is 0 Å². The van der Waals surface area contributed by atoms with Gasteiger partial charge in [0.1, 0.15) is 11.6 Å². The molecular weight excluding hydrogens is 271 g/mol. The molecule has 0 aliphatic rings. The number of ether oxygens (including phenoxy) is 2. The molecule has 0 aliphatic heterocycles. The van der Waals surface area contributed by atoms with E-state index in [9.17, 15) is 18.8 Å². The van der Waals surface area contributed by atoms with Crippen molar-refractivity contribution in [3.05, 3.63) is 29.6 Å². The Bertz CT molecular complexity index is 533. The topological polar surface area (TPSA) is 108 Å². The number of nitrogens with one attached hydrogen (secondary N) is 1. The fourth-order valence-electron chi connectivity index (χ4n) is 1.23. The maximum absolute atomic E-state index is 13.5. The van der Waals surface area contributed by atoms with Crippen LogP contribution in [0.3, 0.4) is 0 Å². The summed E-state index contributed by atoms with van der Waals surface area (Å²) in [7, 11) is 1.36. The summed E-state index contributed by atoms with van der Waals surface area (Å²) < 4.78 is 22.9. The lowest BCUT2D eigenvalue weighted by atomic mass is 10.2. The summed E-state index contributed by atoms with van der Waals surface area (Å²) in [6.45, 7) is -1.01. The van der Waals surface area contributed by atoms with Gasteiger partial charge in [0, 0.05) is 6.07 Å². The fourth-order valence-corrected chi connectivity index (χ4v) is 1.23. The summed E-state index contributed by atoms with van der Waals surface area (Å²) in [5.74, 6) is -3.03. The number of carbonyl (C=O) groups excluding carboxylic acids is 3. The second-order valence-corrected chi connectivity index (χ2v) is 3.66. The molecule has 0 spiro atoms. The van der Waals surface area contributed by atoms with Crippen LogP contribution in [0.25, 0.3) is 0 Å². The summed E-state index contributed by atoms with van der Waals surface area (Å²) in [5.41, 5.74) is 4.49. The molecule has 0 bridgehead atoms. The van der Waals surface area contributed by atoms with Crippen LogP contribution >= 0.6 is 0 Å². The molecule has 0 aromatic heterocycles. The molecule has 0 aliphatic carbocycles. The zero-order valence-corrected chi connectivity index (χ0v) is 10.6. The van der Waals surface area contributed by atoms with Gasteiger partial charge in [-0.1, -0.05) is 0 Å².